The van der Waals surface area contributed by atoms with Gasteiger partial charge < -0.3 is 0 Å². The van der Waals surface area contributed by atoms with E-state index in [-0.39, 0.29) is 5.82 Å². The smallest absolute Gasteiger partial charge is 0.159 e. The monoisotopic (exact) mass is 424 g/mol. The van der Waals surface area contributed by atoms with E-state index in [1.54, 1.807) is 6.07 Å². The van der Waals surface area contributed by atoms with Gasteiger partial charge >= 0.3 is 0 Å². The zero-order chi connectivity index (χ0) is 21.9. The molecule has 1 aromatic carbocycles. The predicted octanol–water partition coefficient (Wildman–Crippen LogP) is 8.33. The van der Waals surface area contributed by atoms with Gasteiger partial charge in [-0.3, -0.25) is 0 Å². The van der Waals surface area contributed by atoms with Crippen LogP contribution in [0.25, 0.3) is 11.4 Å². The first kappa shape index (κ1) is 23.9. The molecular weight excluding hydrogens is 383 g/mol. The number of nitrogens with zero attached hydrogens (tertiary/aromatic N) is 2. The number of aryl methyl sites for hydroxylation is 2. The molecule has 0 N–H and O–H groups in total. The van der Waals surface area contributed by atoms with E-state index >= 15 is 0 Å². The van der Waals surface area contributed by atoms with Gasteiger partial charge in [0.05, 0.1) is 0 Å². The maximum absolute atomic E-state index is 14.4. The highest BCUT2D eigenvalue weighted by atomic mass is 19.1. The molecule has 31 heavy (non-hydrogen) atoms. The van der Waals surface area contributed by atoms with Crippen LogP contribution >= 0.6 is 0 Å². The van der Waals surface area contributed by atoms with E-state index in [1.807, 2.05) is 24.5 Å². The summed E-state index contributed by atoms with van der Waals surface area (Å²) in [4.78, 5) is 9.07. The first-order valence-electron chi connectivity index (χ1n) is 12.8. The second kappa shape index (κ2) is 12.9. The van der Waals surface area contributed by atoms with Gasteiger partial charge in [0.2, 0.25) is 0 Å². The molecule has 0 radical (unpaired) electrons. The van der Waals surface area contributed by atoms with Crippen LogP contribution in [0.2, 0.25) is 0 Å². The van der Waals surface area contributed by atoms with Gasteiger partial charge in [0.1, 0.15) is 5.82 Å². The van der Waals surface area contributed by atoms with Crippen LogP contribution in [0, 0.1) is 17.7 Å². The Labute approximate surface area is 189 Å². The van der Waals surface area contributed by atoms with E-state index < -0.39 is 0 Å². The van der Waals surface area contributed by atoms with Crippen molar-refractivity contribution in [1.82, 2.24) is 9.97 Å². The molecule has 0 bridgehead atoms. The average molecular weight is 425 g/mol. The van der Waals surface area contributed by atoms with Crippen LogP contribution in [0.3, 0.4) is 0 Å². The molecule has 2 aromatic rings. The molecule has 1 fully saturated rings. The van der Waals surface area contributed by atoms with E-state index in [0.29, 0.717) is 5.82 Å². The van der Waals surface area contributed by atoms with Crippen molar-refractivity contribution in [2.45, 2.75) is 104 Å². The summed E-state index contributed by atoms with van der Waals surface area (Å²) in [5.41, 5.74) is 2.77. The van der Waals surface area contributed by atoms with Crippen molar-refractivity contribution in [3.63, 3.8) is 0 Å². The second-order valence-corrected chi connectivity index (χ2v) is 9.60. The Bertz CT molecular complexity index is 763. The highest BCUT2D eigenvalue weighted by Gasteiger charge is 2.20. The lowest BCUT2D eigenvalue weighted by atomic mass is 9.78. The van der Waals surface area contributed by atoms with Gasteiger partial charge in [0.25, 0.3) is 0 Å². The number of aromatic nitrogens is 2. The number of halogens is 1. The lowest BCUT2D eigenvalue weighted by Crippen LogP contribution is -2.15. The van der Waals surface area contributed by atoms with Crippen LogP contribution in [0.1, 0.15) is 102 Å². The van der Waals surface area contributed by atoms with Crippen molar-refractivity contribution < 1.29 is 4.39 Å². The minimum absolute atomic E-state index is 0.133. The molecule has 3 heteroatoms. The fourth-order valence-corrected chi connectivity index (χ4v) is 4.95. The highest BCUT2D eigenvalue weighted by Crippen LogP contribution is 2.34. The summed E-state index contributed by atoms with van der Waals surface area (Å²) in [5, 5.41) is 0. The van der Waals surface area contributed by atoms with Crippen LogP contribution < -0.4 is 0 Å². The Kier molecular flexibility index (Phi) is 9.96. The summed E-state index contributed by atoms with van der Waals surface area (Å²) in [7, 11) is 0. The van der Waals surface area contributed by atoms with Gasteiger partial charge in [-0.2, -0.15) is 0 Å². The maximum Gasteiger partial charge on any atom is 0.159 e. The third kappa shape index (κ3) is 7.70. The number of rotatable bonds is 12. The molecule has 0 unspecified atom stereocenters. The summed E-state index contributed by atoms with van der Waals surface area (Å²) in [6.45, 7) is 4.46. The minimum atomic E-state index is -0.133. The summed E-state index contributed by atoms with van der Waals surface area (Å²) in [5.74, 6) is 2.32. The molecule has 1 aliphatic rings. The SMILES string of the molecule is CCCCCc1ccc(-c2ncc(CC[C@H]3CC[C@H](CCCCC)CC3)cn2)cc1F. The van der Waals surface area contributed by atoms with Crippen molar-refractivity contribution >= 4 is 0 Å². The van der Waals surface area contributed by atoms with Crippen LogP contribution in [-0.4, -0.2) is 9.97 Å². The van der Waals surface area contributed by atoms with E-state index in [9.17, 15) is 4.39 Å². The molecule has 0 aliphatic heterocycles. The number of hydrogen-bond donors (Lipinski definition) is 0. The molecule has 2 nitrogen and oxygen atoms in total. The summed E-state index contributed by atoms with van der Waals surface area (Å²) in [6, 6.07) is 5.45. The van der Waals surface area contributed by atoms with E-state index in [2.05, 4.69) is 23.8 Å². The third-order valence-corrected chi connectivity index (χ3v) is 7.09. The van der Waals surface area contributed by atoms with E-state index in [1.165, 1.54) is 63.4 Å². The van der Waals surface area contributed by atoms with E-state index in [0.717, 1.165) is 55.1 Å². The Morgan fingerprint density at radius 3 is 2.10 bits per heavy atom. The van der Waals surface area contributed by atoms with Gasteiger partial charge in [-0.15, -0.1) is 0 Å². The van der Waals surface area contributed by atoms with Crippen LogP contribution in [0.4, 0.5) is 4.39 Å². The molecule has 0 spiro atoms. The van der Waals surface area contributed by atoms with Crippen molar-refractivity contribution in [2.24, 2.45) is 11.8 Å². The van der Waals surface area contributed by atoms with Crippen molar-refractivity contribution in [3.8, 4) is 11.4 Å². The number of hydrogen-bond acceptors (Lipinski definition) is 2. The standard InChI is InChI=1S/C28H41FN2/c1-3-5-7-9-22-11-13-23(14-12-22)15-16-24-20-30-28(31-21-24)26-18-17-25(27(29)19-26)10-8-6-4-2/h17-23H,3-16H2,1-2H3/t22-,23-. The highest BCUT2D eigenvalue weighted by molar-refractivity contribution is 5.55. The first-order valence-corrected chi connectivity index (χ1v) is 12.8. The molecule has 0 saturated heterocycles. The molecular formula is C28H41FN2. The molecule has 0 amide bonds. The third-order valence-electron chi connectivity index (χ3n) is 7.09. The Hall–Kier alpha value is -1.77. The van der Waals surface area contributed by atoms with Crippen LogP contribution in [0.15, 0.2) is 30.6 Å². The van der Waals surface area contributed by atoms with Gasteiger partial charge in [-0.05, 0) is 54.7 Å². The number of unbranched alkanes of at least 4 members (excludes halogenated alkanes) is 4. The van der Waals surface area contributed by atoms with Gasteiger partial charge in [-0.25, -0.2) is 14.4 Å². The lowest BCUT2D eigenvalue weighted by molar-refractivity contribution is 0.249. The van der Waals surface area contributed by atoms with Gasteiger partial charge in [0.15, 0.2) is 5.82 Å². The van der Waals surface area contributed by atoms with Crippen LogP contribution in [0.5, 0.6) is 0 Å². The molecule has 1 saturated carbocycles. The average Bonchev–Trinajstić information content (AvgIpc) is 2.80. The van der Waals surface area contributed by atoms with Crippen LogP contribution in [-0.2, 0) is 12.8 Å². The Balaban J connectivity index is 1.45. The topological polar surface area (TPSA) is 25.8 Å². The summed E-state index contributed by atoms with van der Waals surface area (Å²) >= 11 is 0. The van der Waals surface area contributed by atoms with Crippen molar-refractivity contribution in [2.75, 3.05) is 0 Å². The summed E-state index contributed by atoms with van der Waals surface area (Å²) in [6.07, 6.45) is 21.5. The fourth-order valence-electron chi connectivity index (χ4n) is 4.95. The van der Waals surface area contributed by atoms with Gasteiger partial charge in [-0.1, -0.05) is 90.2 Å². The molecule has 1 heterocycles. The first-order chi connectivity index (χ1) is 15.2. The molecule has 1 aliphatic carbocycles. The second-order valence-electron chi connectivity index (χ2n) is 9.60. The van der Waals surface area contributed by atoms with Crippen molar-refractivity contribution in [1.29, 1.82) is 0 Å². The number of benzene rings is 1. The summed E-state index contributed by atoms with van der Waals surface area (Å²) < 4.78 is 14.4. The predicted molar refractivity (Wildman–Crippen MR) is 129 cm³/mol. The largest absolute Gasteiger partial charge is 0.236 e. The zero-order valence-electron chi connectivity index (χ0n) is 19.7. The molecule has 1 aromatic heterocycles. The molecule has 170 valence electrons. The maximum atomic E-state index is 14.4. The Morgan fingerprint density at radius 1 is 0.806 bits per heavy atom. The quantitative estimate of drug-likeness (QED) is 0.320. The Morgan fingerprint density at radius 2 is 1.45 bits per heavy atom. The van der Waals surface area contributed by atoms with E-state index in [4.69, 9.17) is 0 Å². The van der Waals surface area contributed by atoms with Crippen molar-refractivity contribution in [3.05, 3.63) is 47.5 Å². The molecule has 3 rings (SSSR count). The fraction of sp³-hybridized carbons (Fsp3) is 0.643. The lowest BCUT2D eigenvalue weighted by Gasteiger charge is -2.28. The normalized spacial score (nSPS) is 18.9. The van der Waals surface area contributed by atoms with Gasteiger partial charge in [0, 0.05) is 18.0 Å². The molecule has 0 atom stereocenters. The zero-order valence-corrected chi connectivity index (χ0v) is 19.7. The minimum Gasteiger partial charge on any atom is -0.236 e.